The number of benzene rings is 1. The fourth-order valence-electron chi connectivity index (χ4n) is 2.93. The average Bonchev–Trinajstić information content (AvgIpc) is 3.06. The first kappa shape index (κ1) is 17.1. The van der Waals surface area contributed by atoms with Gasteiger partial charge in [0, 0.05) is 11.3 Å². The molecule has 0 spiro atoms. The minimum Gasteiger partial charge on any atom is -0.462 e. The number of hydrogen-bond donors (Lipinski definition) is 1. The number of anilines is 1. The topological polar surface area (TPSA) is 69.0 Å². The highest BCUT2D eigenvalue weighted by molar-refractivity contribution is 5.92. The van der Waals surface area contributed by atoms with E-state index in [2.05, 4.69) is 22.3 Å². The normalized spacial score (nSPS) is 16.4. The fourth-order valence-corrected chi connectivity index (χ4v) is 2.93. The number of rotatable bonds is 6. The van der Waals surface area contributed by atoms with Gasteiger partial charge in [-0.15, -0.1) is 0 Å². The summed E-state index contributed by atoms with van der Waals surface area (Å²) in [5, 5.41) is 7.20. The molecule has 6 nitrogen and oxygen atoms in total. The van der Waals surface area contributed by atoms with E-state index in [9.17, 15) is 9.18 Å². The zero-order valence-electron chi connectivity index (χ0n) is 14.3. The summed E-state index contributed by atoms with van der Waals surface area (Å²) < 4.78 is 21.4. The highest BCUT2D eigenvalue weighted by atomic mass is 19.1. The number of fused-ring (bicyclic) bond motifs is 1. The first-order valence-electron chi connectivity index (χ1n) is 8.42. The van der Waals surface area contributed by atoms with Gasteiger partial charge in [0.1, 0.15) is 18.2 Å². The first-order valence-corrected chi connectivity index (χ1v) is 8.42. The molecule has 2 heterocycles. The van der Waals surface area contributed by atoms with Crippen molar-refractivity contribution in [2.24, 2.45) is 0 Å². The summed E-state index contributed by atoms with van der Waals surface area (Å²) in [6, 6.07) is 5.65. The molecule has 0 saturated heterocycles. The maximum atomic E-state index is 14.4. The molecular weight excluding hydrogens is 323 g/mol. The molecule has 0 fully saturated rings. The minimum atomic E-state index is -0.710. The van der Waals surface area contributed by atoms with E-state index >= 15 is 0 Å². The number of carbonyl (C=O) groups is 1. The van der Waals surface area contributed by atoms with Crippen LogP contribution >= 0.6 is 0 Å². The highest BCUT2D eigenvalue weighted by Crippen LogP contribution is 2.36. The van der Waals surface area contributed by atoms with Crippen LogP contribution in [0.1, 0.15) is 44.7 Å². The van der Waals surface area contributed by atoms with E-state index in [1.54, 1.807) is 25.1 Å². The largest absolute Gasteiger partial charge is 0.462 e. The molecule has 1 atom stereocenters. The molecule has 1 aliphatic heterocycles. The van der Waals surface area contributed by atoms with Crippen molar-refractivity contribution in [2.45, 2.75) is 39.2 Å². The molecule has 1 aromatic heterocycles. The zero-order valence-corrected chi connectivity index (χ0v) is 14.3. The molecule has 1 aliphatic rings. The monoisotopic (exact) mass is 344 g/mol. The third kappa shape index (κ3) is 3.40. The molecule has 1 aromatic carbocycles. The van der Waals surface area contributed by atoms with Crippen LogP contribution in [0.15, 0.2) is 41.9 Å². The molecule has 0 saturated carbocycles. The van der Waals surface area contributed by atoms with E-state index in [4.69, 9.17) is 4.74 Å². The van der Waals surface area contributed by atoms with Crippen LogP contribution < -0.4 is 5.32 Å². The zero-order chi connectivity index (χ0) is 17.8. The van der Waals surface area contributed by atoms with Crippen molar-refractivity contribution in [3.63, 3.8) is 0 Å². The molecule has 7 heteroatoms. The predicted octanol–water partition coefficient (Wildman–Crippen LogP) is 3.44. The third-order valence-corrected chi connectivity index (χ3v) is 4.20. The van der Waals surface area contributed by atoms with Crippen molar-refractivity contribution in [2.75, 3.05) is 11.9 Å². The lowest BCUT2D eigenvalue weighted by Gasteiger charge is -2.28. The van der Waals surface area contributed by atoms with Gasteiger partial charge in [-0.05, 0) is 19.4 Å². The van der Waals surface area contributed by atoms with Crippen molar-refractivity contribution >= 4 is 11.9 Å². The number of esters is 1. The smallest absolute Gasteiger partial charge is 0.338 e. The summed E-state index contributed by atoms with van der Waals surface area (Å²) in [7, 11) is 0. The lowest BCUT2D eigenvalue weighted by Crippen LogP contribution is -2.30. The van der Waals surface area contributed by atoms with Crippen LogP contribution in [0, 0.1) is 5.82 Å². The predicted molar refractivity (Wildman–Crippen MR) is 91.4 cm³/mol. The van der Waals surface area contributed by atoms with Gasteiger partial charge in [0.2, 0.25) is 5.95 Å². The van der Waals surface area contributed by atoms with Crippen LogP contribution in [0.2, 0.25) is 0 Å². The summed E-state index contributed by atoms with van der Waals surface area (Å²) in [6.07, 6.45) is 4.22. The molecule has 0 aliphatic carbocycles. The van der Waals surface area contributed by atoms with E-state index in [0.717, 1.165) is 19.3 Å². The number of halogens is 1. The Balaban J connectivity index is 1.96. The van der Waals surface area contributed by atoms with E-state index in [-0.39, 0.29) is 0 Å². The number of hydrogen-bond acceptors (Lipinski definition) is 5. The standard InChI is InChI=1S/C18H21FN4O2/c1-3-4-7-10-25-17(24)15-12(2)22-18-20-11-21-23(18)16(15)13-8-5-6-9-14(13)19/h5-6,8-9,11,16H,3-4,7,10H2,1-2H3,(H,20,21,22). The second kappa shape index (κ2) is 7.46. The fraction of sp³-hybridized carbons (Fsp3) is 0.389. The van der Waals surface area contributed by atoms with Gasteiger partial charge >= 0.3 is 5.97 Å². The van der Waals surface area contributed by atoms with Gasteiger partial charge in [-0.2, -0.15) is 10.1 Å². The van der Waals surface area contributed by atoms with E-state index < -0.39 is 17.8 Å². The van der Waals surface area contributed by atoms with Crippen LogP contribution in [0.5, 0.6) is 0 Å². The summed E-state index contributed by atoms with van der Waals surface area (Å²) in [4.78, 5) is 16.8. The molecule has 0 amide bonds. The molecular formula is C18H21FN4O2. The Morgan fingerprint density at radius 3 is 2.92 bits per heavy atom. The van der Waals surface area contributed by atoms with Crippen molar-refractivity contribution in [1.82, 2.24) is 14.8 Å². The Labute approximate surface area is 145 Å². The van der Waals surface area contributed by atoms with Crippen molar-refractivity contribution in [1.29, 1.82) is 0 Å². The van der Waals surface area contributed by atoms with Gasteiger partial charge in [-0.25, -0.2) is 13.9 Å². The molecule has 0 radical (unpaired) electrons. The van der Waals surface area contributed by atoms with Gasteiger partial charge in [0.05, 0.1) is 12.2 Å². The second-order valence-corrected chi connectivity index (χ2v) is 5.96. The number of ether oxygens (including phenoxy) is 1. The van der Waals surface area contributed by atoms with Crippen LogP contribution in [-0.4, -0.2) is 27.3 Å². The van der Waals surface area contributed by atoms with Gasteiger partial charge in [-0.1, -0.05) is 38.0 Å². The van der Waals surface area contributed by atoms with E-state index in [1.807, 2.05) is 0 Å². The number of allylic oxidation sites excluding steroid dienone is 1. The number of carbonyl (C=O) groups excluding carboxylic acids is 1. The maximum Gasteiger partial charge on any atom is 0.338 e. The Kier molecular flexibility index (Phi) is 5.11. The van der Waals surface area contributed by atoms with Crippen molar-refractivity contribution in [3.8, 4) is 0 Å². The van der Waals surface area contributed by atoms with Crippen LogP contribution in [0.4, 0.5) is 10.3 Å². The van der Waals surface area contributed by atoms with E-state index in [1.165, 1.54) is 17.1 Å². The lowest BCUT2D eigenvalue weighted by atomic mass is 9.95. The Bertz CT molecular complexity index is 800. The van der Waals surface area contributed by atoms with Crippen LogP contribution in [0.25, 0.3) is 0 Å². The quantitative estimate of drug-likeness (QED) is 0.642. The molecule has 2 aromatic rings. The third-order valence-electron chi connectivity index (χ3n) is 4.20. The molecule has 0 bridgehead atoms. The first-order chi connectivity index (χ1) is 12.1. The molecule has 1 N–H and O–H groups in total. The Morgan fingerprint density at radius 2 is 2.16 bits per heavy atom. The molecule has 25 heavy (non-hydrogen) atoms. The molecule has 132 valence electrons. The van der Waals surface area contributed by atoms with E-state index in [0.29, 0.717) is 29.4 Å². The minimum absolute atomic E-state index is 0.345. The summed E-state index contributed by atoms with van der Waals surface area (Å²) in [5.41, 5.74) is 1.30. The SMILES string of the molecule is CCCCCOC(=O)C1=C(C)Nc2ncnn2C1c1ccccc1F. The van der Waals surface area contributed by atoms with Gasteiger partial charge in [-0.3, -0.25) is 0 Å². The van der Waals surface area contributed by atoms with Gasteiger partial charge < -0.3 is 10.1 Å². The molecule has 1 unspecified atom stereocenters. The molecule has 3 rings (SSSR count). The van der Waals surface area contributed by atoms with Crippen LogP contribution in [-0.2, 0) is 9.53 Å². The summed E-state index contributed by atoms with van der Waals surface area (Å²) in [5.74, 6) is -0.399. The van der Waals surface area contributed by atoms with Crippen molar-refractivity contribution in [3.05, 3.63) is 53.2 Å². The van der Waals surface area contributed by atoms with Gasteiger partial charge in [0.25, 0.3) is 0 Å². The lowest BCUT2D eigenvalue weighted by molar-refractivity contribution is -0.139. The Hall–Kier alpha value is -2.70. The average molecular weight is 344 g/mol. The number of aromatic nitrogens is 3. The van der Waals surface area contributed by atoms with Crippen LogP contribution in [0.3, 0.4) is 0 Å². The number of nitrogens with zero attached hydrogens (tertiary/aromatic N) is 3. The summed E-state index contributed by atoms with van der Waals surface area (Å²) >= 11 is 0. The highest BCUT2D eigenvalue weighted by Gasteiger charge is 2.35. The van der Waals surface area contributed by atoms with Crippen molar-refractivity contribution < 1.29 is 13.9 Å². The second-order valence-electron chi connectivity index (χ2n) is 5.96. The maximum absolute atomic E-state index is 14.4. The van der Waals surface area contributed by atoms with Gasteiger partial charge in [0.15, 0.2) is 0 Å². The summed E-state index contributed by atoms with van der Waals surface area (Å²) in [6.45, 7) is 4.19. The number of unbranched alkanes of at least 4 members (excludes halogenated alkanes) is 2. The number of nitrogens with one attached hydrogen (secondary N) is 1. The Morgan fingerprint density at radius 1 is 1.36 bits per heavy atom.